The minimum absolute atomic E-state index is 0.573. The van der Waals surface area contributed by atoms with Crippen molar-refractivity contribution in [2.75, 3.05) is 13.7 Å². The molecule has 92 valence electrons. The Kier molecular flexibility index (Phi) is 5.95. The SMILES string of the molecule is CCC(C)NCc1sc(CCOC)nc1C. The molecule has 4 heteroatoms. The normalized spacial score (nSPS) is 13.0. The molecule has 0 fully saturated rings. The summed E-state index contributed by atoms with van der Waals surface area (Å²) in [7, 11) is 1.73. The van der Waals surface area contributed by atoms with E-state index in [0.29, 0.717) is 6.04 Å². The smallest absolute Gasteiger partial charge is 0.0954 e. The number of thiazole rings is 1. The van der Waals surface area contributed by atoms with E-state index in [0.717, 1.165) is 31.7 Å². The second-order valence-electron chi connectivity index (χ2n) is 4.05. The first-order valence-corrected chi connectivity index (χ1v) is 6.66. The highest BCUT2D eigenvalue weighted by molar-refractivity contribution is 7.11. The molecule has 0 amide bonds. The van der Waals surface area contributed by atoms with Gasteiger partial charge in [0.15, 0.2) is 0 Å². The van der Waals surface area contributed by atoms with Gasteiger partial charge >= 0.3 is 0 Å². The molecule has 1 N–H and O–H groups in total. The van der Waals surface area contributed by atoms with Crippen molar-refractivity contribution >= 4 is 11.3 Å². The van der Waals surface area contributed by atoms with Crippen molar-refractivity contribution in [3.8, 4) is 0 Å². The van der Waals surface area contributed by atoms with Crippen LogP contribution in [0.2, 0.25) is 0 Å². The third kappa shape index (κ3) is 4.20. The summed E-state index contributed by atoms with van der Waals surface area (Å²) in [6.07, 6.45) is 2.08. The Morgan fingerprint density at radius 1 is 1.50 bits per heavy atom. The van der Waals surface area contributed by atoms with Gasteiger partial charge in [0.25, 0.3) is 0 Å². The maximum Gasteiger partial charge on any atom is 0.0954 e. The lowest BCUT2D eigenvalue weighted by Crippen LogP contribution is -2.24. The van der Waals surface area contributed by atoms with Crippen LogP contribution in [-0.2, 0) is 17.7 Å². The Bertz CT molecular complexity index is 312. The Morgan fingerprint density at radius 3 is 2.88 bits per heavy atom. The van der Waals surface area contributed by atoms with Gasteiger partial charge in [0.1, 0.15) is 0 Å². The number of aryl methyl sites for hydroxylation is 1. The summed E-state index contributed by atoms with van der Waals surface area (Å²) < 4.78 is 5.06. The van der Waals surface area contributed by atoms with Crippen molar-refractivity contribution in [1.82, 2.24) is 10.3 Å². The van der Waals surface area contributed by atoms with E-state index in [1.807, 2.05) is 0 Å². The molecular formula is C12H22N2OS. The second-order valence-corrected chi connectivity index (χ2v) is 5.22. The van der Waals surface area contributed by atoms with Crippen LogP contribution >= 0.6 is 11.3 Å². The third-order valence-electron chi connectivity index (χ3n) is 2.68. The lowest BCUT2D eigenvalue weighted by atomic mass is 10.2. The van der Waals surface area contributed by atoms with Gasteiger partial charge in [-0.3, -0.25) is 0 Å². The first kappa shape index (κ1) is 13.6. The van der Waals surface area contributed by atoms with Gasteiger partial charge in [0.05, 0.1) is 17.3 Å². The summed E-state index contributed by atoms with van der Waals surface area (Å²) in [5.41, 5.74) is 1.16. The summed E-state index contributed by atoms with van der Waals surface area (Å²) >= 11 is 1.80. The maximum absolute atomic E-state index is 5.06. The largest absolute Gasteiger partial charge is 0.384 e. The quantitative estimate of drug-likeness (QED) is 0.798. The van der Waals surface area contributed by atoms with Crippen molar-refractivity contribution in [3.05, 3.63) is 15.6 Å². The molecule has 0 spiro atoms. The van der Waals surface area contributed by atoms with Gasteiger partial charge in [-0.15, -0.1) is 11.3 Å². The molecule has 0 saturated carbocycles. The highest BCUT2D eigenvalue weighted by atomic mass is 32.1. The molecule has 0 aliphatic heterocycles. The average Bonchev–Trinajstić information content (AvgIpc) is 2.64. The summed E-state index contributed by atoms with van der Waals surface area (Å²) in [4.78, 5) is 5.90. The Hall–Kier alpha value is -0.450. The van der Waals surface area contributed by atoms with Crippen LogP contribution in [0.3, 0.4) is 0 Å². The van der Waals surface area contributed by atoms with Crippen LogP contribution in [0.25, 0.3) is 0 Å². The molecule has 1 rings (SSSR count). The molecule has 1 atom stereocenters. The standard InChI is InChI=1S/C12H22N2OS/c1-5-9(2)13-8-11-10(3)14-12(16-11)6-7-15-4/h9,13H,5-8H2,1-4H3. The van der Waals surface area contributed by atoms with Gasteiger partial charge < -0.3 is 10.1 Å². The lowest BCUT2D eigenvalue weighted by Gasteiger charge is -2.09. The van der Waals surface area contributed by atoms with E-state index in [9.17, 15) is 0 Å². The third-order valence-corrected chi connectivity index (χ3v) is 3.90. The predicted molar refractivity (Wildman–Crippen MR) is 69.0 cm³/mol. The van der Waals surface area contributed by atoms with E-state index in [-0.39, 0.29) is 0 Å². The zero-order chi connectivity index (χ0) is 12.0. The van der Waals surface area contributed by atoms with Crippen LogP contribution in [-0.4, -0.2) is 24.7 Å². The molecule has 0 saturated heterocycles. The molecule has 1 unspecified atom stereocenters. The van der Waals surface area contributed by atoms with Gasteiger partial charge in [-0.2, -0.15) is 0 Å². The summed E-state index contributed by atoms with van der Waals surface area (Å²) in [6, 6.07) is 0.573. The van der Waals surface area contributed by atoms with E-state index in [2.05, 4.69) is 31.1 Å². The fraction of sp³-hybridized carbons (Fsp3) is 0.750. The molecule has 0 aliphatic carbocycles. The molecule has 16 heavy (non-hydrogen) atoms. The number of methoxy groups -OCH3 is 1. The lowest BCUT2D eigenvalue weighted by molar-refractivity contribution is 0.202. The highest BCUT2D eigenvalue weighted by Gasteiger charge is 2.08. The van der Waals surface area contributed by atoms with Gasteiger partial charge in [0.2, 0.25) is 0 Å². The van der Waals surface area contributed by atoms with Crippen LogP contribution in [0.4, 0.5) is 0 Å². The topological polar surface area (TPSA) is 34.1 Å². The van der Waals surface area contributed by atoms with Crippen molar-refractivity contribution in [3.63, 3.8) is 0 Å². The first-order chi connectivity index (χ1) is 7.67. The van der Waals surface area contributed by atoms with Gasteiger partial charge in [0, 0.05) is 31.0 Å². The van der Waals surface area contributed by atoms with E-state index in [1.54, 1.807) is 18.4 Å². The van der Waals surface area contributed by atoms with E-state index >= 15 is 0 Å². The maximum atomic E-state index is 5.06. The molecule has 0 bridgehead atoms. The number of hydrogen-bond acceptors (Lipinski definition) is 4. The first-order valence-electron chi connectivity index (χ1n) is 5.84. The molecule has 0 aromatic carbocycles. The average molecular weight is 242 g/mol. The molecular weight excluding hydrogens is 220 g/mol. The van der Waals surface area contributed by atoms with Crippen molar-refractivity contribution in [2.24, 2.45) is 0 Å². The van der Waals surface area contributed by atoms with Crippen LogP contribution in [0, 0.1) is 6.92 Å². The Labute approximate surface area is 102 Å². The van der Waals surface area contributed by atoms with Crippen molar-refractivity contribution < 1.29 is 4.74 Å². The molecule has 3 nitrogen and oxygen atoms in total. The summed E-state index contributed by atoms with van der Waals surface area (Å²) in [6.45, 7) is 8.18. The van der Waals surface area contributed by atoms with Gasteiger partial charge in [-0.25, -0.2) is 4.98 Å². The zero-order valence-electron chi connectivity index (χ0n) is 10.7. The molecule has 0 radical (unpaired) electrons. The highest BCUT2D eigenvalue weighted by Crippen LogP contribution is 2.18. The van der Waals surface area contributed by atoms with Crippen LogP contribution in [0.1, 0.15) is 35.8 Å². The summed E-state index contributed by atoms with van der Waals surface area (Å²) in [5, 5.41) is 4.68. The number of ether oxygens (including phenoxy) is 1. The number of nitrogens with zero attached hydrogens (tertiary/aromatic N) is 1. The molecule has 1 aromatic heterocycles. The van der Waals surface area contributed by atoms with E-state index in [4.69, 9.17) is 4.74 Å². The van der Waals surface area contributed by atoms with E-state index in [1.165, 1.54) is 9.88 Å². The van der Waals surface area contributed by atoms with Crippen LogP contribution in [0.15, 0.2) is 0 Å². The number of nitrogens with one attached hydrogen (secondary N) is 1. The van der Waals surface area contributed by atoms with Gasteiger partial charge in [-0.05, 0) is 20.3 Å². The minimum atomic E-state index is 0.573. The van der Waals surface area contributed by atoms with Crippen LogP contribution in [0.5, 0.6) is 0 Å². The van der Waals surface area contributed by atoms with E-state index < -0.39 is 0 Å². The second kappa shape index (κ2) is 6.99. The number of rotatable bonds is 7. The van der Waals surface area contributed by atoms with Crippen molar-refractivity contribution in [2.45, 2.75) is 46.2 Å². The Morgan fingerprint density at radius 2 is 2.25 bits per heavy atom. The van der Waals surface area contributed by atoms with Crippen molar-refractivity contribution in [1.29, 1.82) is 0 Å². The molecule has 0 aliphatic rings. The fourth-order valence-electron chi connectivity index (χ4n) is 1.36. The number of hydrogen-bond donors (Lipinski definition) is 1. The Balaban J connectivity index is 2.49. The number of aromatic nitrogens is 1. The monoisotopic (exact) mass is 242 g/mol. The minimum Gasteiger partial charge on any atom is -0.384 e. The molecule has 1 heterocycles. The van der Waals surface area contributed by atoms with Crippen LogP contribution < -0.4 is 5.32 Å². The summed E-state index contributed by atoms with van der Waals surface area (Å²) in [5.74, 6) is 0. The zero-order valence-corrected chi connectivity index (χ0v) is 11.5. The fourth-order valence-corrected chi connectivity index (χ4v) is 2.36. The predicted octanol–water partition coefficient (Wildman–Crippen LogP) is 2.53. The van der Waals surface area contributed by atoms with Gasteiger partial charge in [-0.1, -0.05) is 6.92 Å². The molecule has 1 aromatic rings.